The lowest BCUT2D eigenvalue weighted by Gasteiger charge is -2.24. The molecule has 2 amide bonds. The van der Waals surface area contributed by atoms with Crippen molar-refractivity contribution in [2.75, 3.05) is 32.8 Å². The number of likely N-dealkylation sites (tertiary alicyclic amines) is 1. The van der Waals surface area contributed by atoms with Crippen LogP contribution in [0.3, 0.4) is 0 Å². The standard InChI is InChI=1S/C14H24N2O4/c17-13(18)2-1-12-3-6-16(10-12)14(19)15-9-11-4-7-20-8-5-11/h11-12H,1-10H2,(H,15,19)(H,17,18). The van der Waals surface area contributed by atoms with Crippen molar-refractivity contribution >= 4 is 12.0 Å². The van der Waals surface area contributed by atoms with Crippen LogP contribution in [0.15, 0.2) is 0 Å². The molecule has 6 nitrogen and oxygen atoms in total. The molecule has 2 rings (SSSR count). The number of ether oxygens (including phenoxy) is 1. The first kappa shape index (κ1) is 15.1. The van der Waals surface area contributed by atoms with E-state index in [0.29, 0.717) is 24.8 Å². The van der Waals surface area contributed by atoms with Gasteiger partial charge in [-0.1, -0.05) is 0 Å². The predicted molar refractivity (Wildman–Crippen MR) is 73.5 cm³/mol. The molecule has 0 aromatic heterocycles. The first-order chi connectivity index (χ1) is 9.65. The SMILES string of the molecule is O=C(O)CCC1CCN(C(=O)NCC2CCOCC2)C1. The third-order valence-corrected chi connectivity index (χ3v) is 4.22. The summed E-state index contributed by atoms with van der Waals surface area (Å²) in [5.41, 5.74) is 0. The quantitative estimate of drug-likeness (QED) is 0.798. The highest BCUT2D eigenvalue weighted by Crippen LogP contribution is 2.21. The van der Waals surface area contributed by atoms with Crippen LogP contribution in [0, 0.1) is 11.8 Å². The Bertz CT molecular complexity index is 342. The van der Waals surface area contributed by atoms with E-state index in [4.69, 9.17) is 9.84 Å². The molecule has 0 aromatic carbocycles. The van der Waals surface area contributed by atoms with E-state index in [1.165, 1.54) is 0 Å². The number of rotatable bonds is 5. The average Bonchev–Trinajstić information content (AvgIpc) is 2.92. The van der Waals surface area contributed by atoms with E-state index >= 15 is 0 Å². The van der Waals surface area contributed by atoms with Gasteiger partial charge in [-0.05, 0) is 37.5 Å². The maximum absolute atomic E-state index is 12.0. The number of hydrogen-bond donors (Lipinski definition) is 2. The van der Waals surface area contributed by atoms with Gasteiger partial charge < -0.3 is 20.1 Å². The van der Waals surface area contributed by atoms with Gasteiger partial charge in [0.2, 0.25) is 0 Å². The zero-order valence-electron chi connectivity index (χ0n) is 11.8. The highest BCUT2D eigenvalue weighted by molar-refractivity contribution is 5.74. The van der Waals surface area contributed by atoms with Crippen LogP contribution in [0.25, 0.3) is 0 Å². The number of carbonyl (C=O) groups excluding carboxylic acids is 1. The summed E-state index contributed by atoms with van der Waals surface area (Å²) >= 11 is 0. The second-order valence-electron chi connectivity index (χ2n) is 5.77. The van der Waals surface area contributed by atoms with Crippen LogP contribution >= 0.6 is 0 Å². The molecule has 2 fully saturated rings. The molecular formula is C14H24N2O4. The van der Waals surface area contributed by atoms with E-state index in [-0.39, 0.29) is 12.5 Å². The summed E-state index contributed by atoms with van der Waals surface area (Å²) in [6, 6.07) is -0.00526. The van der Waals surface area contributed by atoms with Crippen LogP contribution in [0.4, 0.5) is 4.79 Å². The Labute approximate surface area is 119 Å². The zero-order chi connectivity index (χ0) is 14.4. The van der Waals surface area contributed by atoms with Crippen molar-refractivity contribution in [3.63, 3.8) is 0 Å². The number of aliphatic carboxylic acids is 1. The second-order valence-corrected chi connectivity index (χ2v) is 5.77. The molecule has 0 aliphatic carbocycles. The van der Waals surface area contributed by atoms with E-state index in [1.807, 2.05) is 4.90 Å². The van der Waals surface area contributed by atoms with Gasteiger partial charge in [0.05, 0.1) is 0 Å². The normalized spacial score (nSPS) is 23.8. The highest BCUT2D eigenvalue weighted by Gasteiger charge is 2.26. The minimum absolute atomic E-state index is 0.00526. The van der Waals surface area contributed by atoms with Crippen molar-refractivity contribution in [1.82, 2.24) is 10.2 Å². The largest absolute Gasteiger partial charge is 0.481 e. The molecule has 2 aliphatic rings. The molecular weight excluding hydrogens is 260 g/mol. The topological polar surface area (TPSA) is 78.9 Å². The molecule has 6 heteroatoms. The molecule has 0 spiro atoms. The van der Waals surface area contributed by atoms with E-state index in [0.717, 1.165) is 45.6 Å². The predicted octanol–water partition coefficient (Wildman–Crippen LogP) is 1.31. The molecule has 2 saturated heterocycles. The van der Waals surface area contributed by atoms with Crippen LogP contribution < -0.4 is 5.32 Å². The number of hydrogen-bond acceptors (Lipinski definition) is 3. The van der Waals surface area contributed by atoms with Crippen LogP contribution in [0.1, 0.15) is 32.1 Å². The van der Waals surface area contributed by atoms with Crippen LogP contribution in [-0.2, 0) is 9.53 Å². The summed E-state index contributed by atoms with van der Waals surface area (Å²) in [7, 11) is 0. The van der Waals surface area contributed by atoms with Gasteiger partial charge in [-0.3, -0.25) is 4.79 Å². The molecule has 0 aromatic rings. The van der Waals surface area contributed by atoms with E-state index in [9.17, 15) is 9.59 Å². The van der Waals surface area contributed by atoms with Gasteiger partial charge in [-0.25, -0.2) is 4.79 Å². The minimum atomic E-state index is -0.757. The Hall–Kier alpha value is -1.30. The lowest BCUT2D eigenvalue weighted by atomic mass is 10.0. The van der Waals surface area contributed by atoms with Crippen molar-refractivity contribution < 1.29 is 19.4 Å². The van der Waals surface area contributed by atoms with E-state index in [2.05, 4.69) is 5.32 Å². The van der Waals surface area contributed by atoms with Gasteiger partial charge >= 0.3 is 12.0 Å². The van der Waals surface area contributed by atoms with Gasteiger partial charge in [-0.15, -0.1) is 0 Å². The van der Waals surface area contributed by atoms with Gasteiger partial charge in [0.25, 0.3) is 0 Å². The van der Waals surface area contributed by atoms with Crippen molar-refractivity contribution in [1.29, 1.82) is 0 Å². The van der Waals surface area contributed by atoms with Crippen LogP contribution in [0.5, 0.6) is 0 Å². The van der Waals surface area contributed by atoms with Gasteiger partial charge in [0.1, 0.15) is 0 Å². The third kappa shape index (κ3) is 4.67. The Morgan fingerprint density at radius 1 is 1.20 bits per heavy atom. The zero-order valence-corrected chi connectivity index (χ0v) is 11.8. The number of carboxylic acid groups (broad SMARTS) is 1. The number of carboxylic acids is 1. The number of carbonyl (C=O) groups is 2. The number of nitrogens with one attached hydrogen (secondary N) is 1. The molecule has 20 heavy (non-hydrogen) atoms. The third-order valence-electron chi connectivity index (χ3n) is 4.22. The molecule has 2 N–H and O–H groups in total. The second kappa shape index (κ2) is 7.47. The molecule has 1 atom stereocenters. The maximum Gasteiger partial charge on any atom is 0.317 e. The molecule has 2 heterocycles. The molecule has 2 aliphatic heterocycles. The summed E-state index contributed by atoms with van der Waals surface area (Å²) in [6.07, 6.45) is 3.81. The number of amides is 2. The number of urea groups is 1. The summed E-state index contributed by atoms with van der Waals surface area (Å²) in [4.78, 5) is 24.4. The first-order valence-electron chi connectivity index (χ1n) is 7.47. The lowest BCUT2D eigenvalue weighted by Crippen LogP contribution is -2.41. The van der Waals surface area contributed by atoms with E-state index in [1.54, 1.807) is 0 Å². The van der Waals surface area contributed by atoms with Crippen molar-refractivity contribution in [3.8, 4) is 0 Å². The summed E-state index contributed by atoms with van der Waals surface area (Å²) in [6.45, 7) is 3.73. The van der Waals surface area contributed by atoms with Crippen molar-refractivity contribution in [2.24, 2.45) is 11.8 Å². The molecule has 1 unspecified atom stereocenters. The Morgan fingerprint density at radius 3 is 2.65 bits per heavy atom. The van der Waals surface area contributed by atoms with Crippen molar-refractivity contribution in [2.45, 2.75) is 32.1 Å². The summed E-state index contributed by atoms with van der Waals surface area (Å²) in [5.74, 6) is 0.102. The van der Waals surface area contributed by atoms with Gasteiger partial charge in [-0.2, -0.15) is 0 Å². The lowest BCUT2D eigenvalue weighted by molar-refractivity contribution is -0.137. The average molecular weight is 284 g/mol. The number of nitrogens with zero attached hydrogens (tertiary/aromatic N) is 1. The molecule has 0 bridgehead atoms. The van der Waals surface area contributed by atoms with E-state index < -0.39 is 5.97 Å². The van der Waals surface area contributed by atoms with Crippen LogP contribution in [-0.4, -0.2) is 54.9 Å². The maximum atomic E-state index is 12.0. The molecule has 114 valence electrons. The van der Waals surface area contributed by atoms with Gasteiger partial charge in [0.15, 0.2) is 0 Å². The minimum Gasteiger partial charge on any atom is -0.481 e. The Morgan fingerprint density at radius 2 is 1.95 bits per heavy atom. The highest BCUT2D eigenvalue weighted by atomic mass is 16.5. The summed E-state index contributed by atoms with van der Waals surface area (Å²) < 4.78 is 5.30. The fraction of sp³-hybridized carbons (Fsp3) is 0.857. The fourth-order valence-electron chi connectivity index (χ4n) is 2.87. The van der Waals surface area contributed by atoms with Crippen molar-refractivity contribution in [3.05, 3.63) is 0 Å². The Balaban J connectivity index is 1.64. The smallest absolute Gasteiger partial charge is 0.317 e. The van der Waals surface area contributed by atoms with Gasteiger partial charge in [0, 0.05) is 39.3 Å². The Kier molecular flexibility index (Phi) is 5.64. The summed E-state index contributed by atoms with van der Waals surface area (Å²) in [5, 5.41) is 11.7. The first-order valence-corrected chi connectivity index (χ1v) is 7.47. The monoisotopic (exact) mass is 284 g/mol. The molecule has 0 saturated carbocycles. The molecule has 0 radical (unpaired) electrons. The van der Waals surface area contributed by atoms with Crippen LogP contribution in [0.2, 0.25) is 0 Å². The fourth-order valence-corrected chi connectivity index (χ4v) is 2.87.